The number of benzene rings is 2. The van der Waals surface area contributed by atoms with Crippen LogP contribution < -0.4 is 5.56 Å². The van der Waals surface area contributed by atoms with Crippen molar-refractivity contribution in [3.05, 3.63) is 68.8 Å². The molecule has 26 heavy (non-hydrogen) atoms. The predicted molar refractivity (Wildman–Crippen MR) is 102 cm³/mol. The van der Waals surface area contributed by atoms with Crippen LogP contribution in [0.3, 0.4) is 0 Å². The second-order valence-electron chi connectivity index (χ2n) is 6.39. The Hall–Kier alpha value is -2.95. The molecular formula is C21H22N2O3. The first-order valence-electron chi connectivity index (χ1n) is 8.63. The largest absolute Gasteiger partial charge is 0.462 e. The van der Waals surface area contributed by atoms with Gasteiger partial charge in [0.1, 0.15) is 5.82 Å². The van der Waals surface area contributed by atoms with Gasteiger partial charge in [-0.2, -0.15) is 0 Å². The number of carbonyl (C=O) groups is 1. The summed E-state index contributed by atoms with van der Waals surface area (Å²) in [5.41, 5.74) is 4.01. The van der Waals surface area contributed by atoms with E-state index in [9.17, 15) is 9.59 Å². The van der Waals surface area contributed by atoms with Crippen LogP contribution in [-0.4, -0.2) is 22.1 Å². The van der Waals surface area contributed by atoms with Crippen LogP contribution in [-0.2, 0) is 4.74 Å². The molecule has 3 aromatic rings. The van der Waals surface area contributed by atoms with Gasteiger partial charge in [-0.05, 0) is 63.4 Å². The van der Waals surface area contributed by atoms with Crippen molar-refractivity contribution in [2.24, 2.45) is 0 Å². The Bertz CT molecular complexity index is 1080. The van der Waals surface area contributed by atoms with Gasteiger partial charge >= 0.3 is 5.97 Å². The highest BCUT2D eigenvalue weighted by Crippen LogP contribution is 2.24. The van der Waals surface area contributed by atoms with Crippen LogP contribution in [0.5, 0.6) is 0 Å². The minimum absolute atomic E-state index is 0.176. The molecule has 0 fully saturated rings. The molecule has 5 nitrogen and oxygen atoms in total. The summed E-state index contributed by atoms with van der Waals surface area (Å²) in [6, 6.07) is 9.46. The second-order valence-corrected chi connectivity index (χ2v) is 6.39. The first kappa shape index (κ1) is 17.9. The lowest BCUT2D eigenvalue weighted by atomic mass is 9.98. The molecule has 134 valence electrons. The number of para-hydroxylation sites is 1. The molecule has 0 saturated heterocycles. The van der Waals surface area contributed by atoms with Gasteiger partial charge < -0.3 is 4.74 Å². The monoisotopic (exact) mass is 350 g/mol. The Kier molecular flexibility index (Phi) is 4.64. The van der Waals surface area contributed by atoms with E-state index in [1.54, 1.807) is 24.5 Å². The fraction of sp³-hybridized carbons (Fsp3) is 0.286. The van der Waals surface area contributed by atoms with Crippen molar-refractivity contribution in [1.82, 2.24) is 9.55 Å². The van der Waals surface area contributed by atoms with Crippen molar-refractivity contribution in [1.29, 1.82) is 0 Å². The standard InChI is InChI=1S/C21H22N2O3/c1-6-26-21(25)18-13(3)11-16-19(14(18)4)20(24)23(15(5)22-16)17-10-8-7-9-12(17)2/h7-11H,6H2,1-5H3. The van der Waals surface area contributed by atoms with Crippen molar-refractivity contribution in [2.75, 3.05) is 6.61 Å². The van der Waals surface area contributed by atoms with Gasteiger partial charge in [0.15, 0.2) is 0 Å². The third kappa shape index (κ3) is 2.79. The normalized spacial score (nSPS) is 11.0. The molecule has 0 N–H and O–H groups in total. The zero-order chi connectivity index (χ0) is 19.0. The molecule has 2 aromatic carbocycles. The number of fused-ring (bicyclic) bond motifs is 1. The lowest BCUT2D eigenvalue weighted by Crippen LogP contribution is -2.24. The Labute approximate surface area is 152 Å². The number of ether oxygens (including phenoxy) is 1. The summed E-state index contributed by atoms with van der Waals surface area (Å²) >= 11 is 0. The summed E-state index contributed by atoms with van der Waals surface area (Å²) < 4.78 is 6.77. The Balaban J connectivity index is 2.40. The number of hydrogen-bond donors (Lipinski definition) is 0. The van der Waals surface area contributed by atoms with E-state index in [0.29, 0.717) is 27.9 Å². The molecule has 1 aromatic heterocycles. The van der Waals surface area contributed by atoms with Crippen LogP contribution in [0.4, 0.5) is 0 Å². The minimum atomic E-state index is -0.410. The number of aromatic nitrogens is 2. The topological polar surface area (TPSA) is 61.2 Å². The van der Waals surface area contributed by atoms with Crippen LogP contribution in [0.15, 0.2) is 35.1 Å². The molecule has 0 amide bonds. The lowest BCUT2D eigenvalue weighted by molar-refractivity contribution is 0.0525. The molecule has 0 aliphatic rings. The number of aryl methyl sites for hydroxylation is 4. The van der Waals surface area contributed by atoms with E-state index in [1.165, 1.54) is 0 Å². The van der Waals surface area contributed by atoms with Crippen LogP contribution in [0.1, 0.15) is 39.8 Å². The molecule has 5 heteroatoms. The maximum absolute atomic E-state index is 13.3. The van der Waals surface area contributed by atoms with E-state index in [2.05, 4.69) is 4.98 Å². The van der Waals surface area contributed by atoms with Gasteiger partial charge in [-0.1, -0.05) is 18.2 Å². The molecule has 0 unspecified atom stereocenters. The van der Waals surface area contributed by atoms with Crippen LogP contribution in [0.25, 0.3) is 16.6 Å². The highest BCUT2D eigenvalue weighted by atomic mass is 16.5. The van der Waals surface area contributed by atoms with Crippen molar-refractivity contribution in [2.45, 2.75) is 34.6 Å². The number of nitrogens with zero attached hydrogens (tertiary/aromatic N) is 2. The Morgan fingerprint density at radius 1 is 1.12 bits per heavy atom. The van der Waals surface area contributed by atoms with Crippen molar-refractivity contribution in [3.8, 4) is 5.69 Å². The summed E-state index contributed by atoms with van der Waals surface area (Å²) in [5.74, 6) is 0.200. The molecule has 0 radical (unpaired) electrons. The molecule has 1 heterocycles. The highest BCUT2D eigenvalue weighted by molar-refractivity contribution is 5.99. The van der Waals surface area contributed by atoms with E-state index in [-0.39, 0.29) is 12.2 Å². The minimum Gasteiger partial charge on any atom is -0.462 e. The maximum atomic E-state index is 13.3. The van der Waals surface area contributed by atoms with Gasteiger partial charge in [0.05, 0.1) is 28.8 Å². The zero-order valence-electron chi connectivity index (χ0n) is 15.7. The van der Waals surface area contributed by atoms with Crippen molar-refractivity contribution in [3.63, 3.8) is 0 Å². The average Bonchev–Trinajstić information content (AvgIpc) is 2.56. The summed E-state index contributed by atoms with van der Waals surface area (Å²) in [6.07, 6.45) is 0. The highest BCUT2D eigenvalue weighted by Gasteiger charge is 2.20. The van der Waals surface area contributed by atoms with E-state index >= 15 is 0 Å². The smallest absolute Gasteiger partial charge is 0.338 e. The molecule has 3 rings (SSSR count). The molecule has 0 saturated carbocycles. The van der Waals surface area contributed by atoms with Gasteiger partial charge in [-0.25, -0.2) is 9.78 Å². The molecule has 0 aliphatic carbocycles. The summed E-state index contributed by atoms with van der Waals surface area (Å²) in [4.78, 5) is 30.3. The Morgan fingerprint density at radius 2 is 1.81 bits per heavy atom. The van der Waals surface area contributed by atoms with Gasteiger partial charge in [-0.3, -0.25) is 9.36 Å². The van der Waals surface area contributed by atoms with E-state index in [4.69, 9.17) is 4.74 Å². The zero-order valence-corrected chi connectivity index (χ0v) is 15.7. The van der Waals surface area contributed by atoms with Crippen LogP contribution in [0, 0.1) is 27.7 Å². The number of carbonyl (C=O) groups excluding carboxylic acids is 1. The molecule has 0 bridgehead atoms. The number of hydrogen-bond acceptors (Lipinski definition) is 4. The summed E-state index contributed by atoms with van der Waals surface area (Å²) in [5, 5.41) is 0.451. The Morgan fingerprint density at radius 3 is 2.46 bits per heavy atom. The SMILES string of the molecule is CCOC(=O)c1c(C)cc2nc(C)n(-c3ccccc3C)c(=O)c2c1C. The predicted octanol–water partition coefficient (Wildman–Crippen LogP) is 3.80. The maximum Gasteiger partial charge on any atom is 0.338 e. The van der Waals surface area contributed by atoms with E-state index in [0.717, 1.165) is 16.8 Å². The van der Waals surface area contributed by atoms with E-state index in [1.807, 2.05) is 45.0 Å². The van der Waals surface area contributed by atoms with Gasteiger partial charge in [0, 0.05) is 0 Å². The van der Waals surface area contributed by atoms with Gasteiger partial charge in [0.2, 0.25) is 0 Å². The quantitative estimate of drug-likeness (QED) is 0.674. The lowest BCUT2D eigenvalue weighted by Gasteiger charge is -2.16. The van der Waals surface area contributed by atoms with Crippen molar-refractivity contribution >= 4 is 16.9 Å². The van der Waals surface area contributed by atoms with Crippen molar-refractivity contribution < 1.29 is 9.53 Å². The fourth-order valence-corrected chi connectivity index (χ4v) is 3.42. The molecular weight excluding hydrogens is 328 g/mol. The summed E-state index contributed by atoms with van der Waals surface area (Å²) in [7, 11) is 0. The number of esters is 1. The average molecular weight is 350 g/mol. The van der Waals surface area contributed by atoms with Crippen LogP contribution >= 0.6 is 0 Å². The molecule has 0 spiro atoms. The third-order valence-corrected chi connectivity index (χ3v) is 4.61. The summed E-state index contributed by atoms with van der Waals surface area (Å²) in [6.45, 7) is 9.44. The van der Waals surface area contributed by atoms with E-state index < -0.39 is 5.97 Å². The fourth-order valence-electron chi connectivity index (χ4n) is 3.42. The number of rotatable bonds is 3. The first-order valence-corrected chi connectivity index (χ1v) is 8.63. The third-order valence-electron chi connectivity index (χ3n) is 4.61. The van der Waals surface area contributed by atoms with Gasteiger partial charge in [0.25, 0.3) is 5.56 Å². The molecule has 0 atom stereocenters. The second kappa shape index (κ2) is 6.75. The first-order chi connectivity index (χ1) is 12.4. The van der Waals surface area contributed by atoms with Gasteiger partial charge in [-0.15, -0.1) is 0 Å². The molecule has 0 aliphatic heterocycles. The van der Waals surface area contributed by atoms with Crippen LogP contribution in [0.2, 0.25) is 0 Å².